The van der Waals surface area contributed by atoms with Gasteiger partial charge in [-0.1, -0.05) is 5.16 Å². The van der Waals surface area contributed by atoms with Crippen LogP contribution in [0.5, 0.6) is 0 Å². The molecule has 2 unspecified atom stereocenters. The van der Waals surface area contributed by atoms with Gasteiger partial charge in [0.15, 0.2) is 5.84 Å². The minimum absolute atomic E-state index is 0.00479. The number of rotatable bonds is 3. The summed E-state index contributed by atoms with van der Waals surface area (Å²) in [6.45, 7) is 4.55. The third-order valence-corrected chi connectivity index (χ3v) is 4.07. The Morgan fingerprint density at radius 2 is 2.18 bits per heavy atom. The number of nitrogens with two attached hydrogens (primary N) is 1. The lowest BCUT2D eigenvalue weighted by atomic mass is 9.92. The molecule has 0 aromatic heterocycles. The highest BCUT2D eigenvalue weighted by Crippen LogP contribution is 2.46. The molecule has 1 aliphatic heterocycles. The van der Waals surface area contributed by atoms with Crippen molar-refractivity contribution in [3.8, 4) is 0 Å². The highest BCUT2D eigenvalue weighted by molar-refractivity contribution is 6.09. The Kier molecular flexibility index (Phi) is 2.77. The number of hydrogen-bond donors (Lipinski definition) is 3. The number of carbonyl (C=O) groups excluding carboxylic acids is 1. The zero-order valence-electron chi connectivity index (χ0n) is 10.2. The molecular weight excluding hydrogens is 222 g/mol. The Labute approximate surface area is 100 Å². The molecule has 4 N–H and O–H groups in total. The van der Waals surface area contributed by atoms with Gasteiger partial charge in [-0.25, -0.2) is 0 Å². The number of ether oxygens (including phenoxy) is 1. The standard InChI is InChI=1S/C11H19N3O3/c1-7-10(2,5-6-17-7)13-9(15)11(3-4-11)8(12)14-16/h7,16H,3-6H2,1-2H3,(H2,12,14)(H,13,15). The fourth-order valence-corrected chi connectivity index (χ4v) is 2.20. The Hall–Kier alpha value is -1.30. The van der Waals surface area contributed by atoms with E-state index in [1.54, 1.807) is 0 Å². The van der Waals surface area contributed by atoms with Crippen LogP contribution in [0.2, 0.25) is 0 Å². The SMILES string of the molecule is CC1OCCC1(C)NC(=O)C1(C(N)=NO)CC1. The molecule has 0 radical (unpaired) electrons. The summed E-state index contributed by atoms with van der Waals surface area (Å²) in [6.07, 6.45) is 2.04. The molecule has 0 aromatic carbocycles. The topological polar surface area (TPSA) is 96.9 Å². The molecule has 1 saturated heterocycles. The minimum Gasteiger partial charge on any atom is -0.409 e. The number of nitrogens with one attached hydrogen (secondary N) is 1. The summed E-state index contributed by atoms with van der Waals surface area (Å²) in [6, 6.07) is 0. The van der Waals surface area contributed by atoms with Crippen LogP contribution in [-0.4, -0.2) is 35.2 Å². The second-order valence-electron chi connectivity index (χ2n) is 5.20. The van der Waals surface area contributed by atoms with Gasteiger partial charge in [0.05, 0.1) is 11.6 Å². The van der Waals surface area contributed by atoms with Gasteiger partial charge in [-0.2, -0.15) is 0 Å². The van der Waals surface area contributed by atoms with E-state index in [9.17, 15) is 4.79 Å². The fourth-order valence-electron chi connectivity index (χ4n) is 2.20. The fraction of sp³-hybridized carbons (Fsp3) is 0.818. The van der Waals surface area contributed by atoms with Crippen molar-refractivity contribution in [1.82, 2.24) is 5.32 Å². The van der Waals surface area contributed by atoms with Gasteiger partial charge < -0.3 is 21.0 Å². The van der Waals surface area contributed by atoms with Crippen molar-refractivity contribution < 1.29 is 14.7 Å². The number of amidine groups is 1. The smallest absolute Gasteiger partial charge is 0.234 e. The third kappa shape index (κ3) is 1.86. The van der Waals surface area contributed by atoms with Crippen molar-refractivity contribution >= 4 is 11.7 Å². The zero-order chi connectivity index (χ0) is 12.7. The van der Waals surface area contributed by atoms with Crippen LogP contribution in [0.4, 0.5) is 0 Å². The Balaban J connectivity index is 2.08. The second kappa shape index (κ2) is 3.87. The molecule has 1 aliphatic carbocycles. The molecule has 1 saturated carbocycles. The average Bonchev–Trinajstić information content (AvgIpc) is 3.03. The van der Waals surface area contributed by atoms with Gasteiger partial charge in [0.2, 0.25) is 5.91 Å². The van der Waals surface area contributed by atoms with Crippen LogP contribution < -0.4 is 11.1 Å². The molecule has 0 bridgehead atoms. The summed E-state index contributed by atoms with van der Waals surface area (Å²) in [7, 11) is 0. The molecule has 2 rings (SSSR count). The van der Waals surface area contributed by atoms with Gasteiger partial charge in [0.1, 0.15) is 5.41 Å². The number of amides is 1. The second-order valence-corrected chi connectivity index (χ2v) is 5.20. The van der Waals surface area contributed by atoms with Crippen molar-refractivity contribution in [2.24, 2.45) is 16.3 Å². The van der Waals surface area contributed by atoms with Crippen molar-refractivity contribution in [1.29, 1.82) is 0 Å². The first kappa shape index (κ1) is 12.2. The van der Waals surface area contributed by atoms with E-state index in [2.05, 4.69) is 10.5 Å². The van der Waals surface area contributed by atoms with Gasteiger partial charge in [0, 0.05) is 6.61 Å². The highest BCUT2D eigenvalue weighted by Gasteiger charge is 2.56. The Morgan fingerprint density at radius 3 is 2.59 bits per heavy atom. The maximum atomic E-state index is 12.2. The first-order valence-corrected chi connectivity index (χ1v) is 5.87. The monoisotopic (exact) mass is 241 g/mol. The molecule has 2 atom stereocenters. The molecule has 6 nitrogen and oxygen atoms in total. The average molecular weight is 241 g/mol. The van der Waals surface area contributed by atoms with Crippen molar-refractivity contribution in [3.05, 3.63) is 0 Å². The van der Waals surface area contributed by atoms with Crippen molar-refractivity contribution in [2.45, 2.75) is 44.8 Å². The summed E-state index contributed by atoms with van der Waals surface area (Å²) in [4.78, 5) is 12.2. The summed E-state index contributed by atoms with van der Waals surface area (Å²) >= 11 is 0. The van der Waals surface area contributed by atoms with Gasteiger partial charge in [-0.05, 0) is 33.1 Å². The van der Waals surface area contributed by atoms with Crippen LogP contribution in [0.15, 0.2) is 5.16 Å². The van der Waals surface area contributed by atoms with Crippen LogP contribution in [0, 0.1) is 5.41 Å². The van der Waals surface area contributed by atoms with Crippen LogP contribution >= 0.6 is 0 Å². The molecule has 6 heteroatoms. The molecule has 0 spiro atoms. The van der Waals surface area contributed by atoms with Crippen molar-refractivity contribution in [2.75, 3.05) is 6.61 Å². The summed E-state index contributed by atoms with van der Waals surface area (Å²) in [5.74, 6) is -0.155. The zero-order valence-corrected chi connectivity index (χ0v) is 10.2. The molecule has 96 valence electrons. The maximum Gasteiger partial charge on any atom is 0.234 e. The minimum atomic E-state index is -0.792. The van der Waals surface area contributed by atoms with E-state index >= 15 is 0 Å². The number of hydrogen-bond acceptors (Lipinski definition) is 4. The molecule has 1 heterocycles. The Bertz CT molecular complexity index is 365. The first-order chi connectivity index (χ1) is 7.94. The normalized spacial score (nSPS) is 35.6. The highest BCUT2D eigenvalue weighted by atomic mass is 16.5. The third-order valence-electron chi connectivity index (χ3n) is 4.07. The summed E-state index contributed by atoms with van der Waals surface area (Å²) < 4.78 is 5.46. The van der Waals surface area contributed by atoms with Crippen molar-refractivity contribution in [3.63, 3.8) is 0 Å². The molecule has 1 amide bonds. The van der Waals surface area contributed by atoms with Gasteiger partial charge in [-0.3, -0.25) is 4.79 Å². The quantitative estimate of drug-likeness (QED) is 0.284. The predicted molar refractivity (Wildman–Crippen MR) is 61.7 cm³/mol. The number of nitrogens with zero attached hydrogens (tertiary/aromatic N) is 1. The van der Waals surface area contributed by atoms with E-state index in [1.165, 1.54) is 0 Å². The Morgan fingerprint density at radius 1 is 1.53 bits per heavy atom. The van der Waals surface area contributed by atoms with Gasteiger partial charge >= 0.3 is 0 Å². The van der Waals surface area contributed by atoms with E-state index < -0.39 is 5.41 Å². The number of oxime groups is 1. The van der Waals surface area contributed by atoms with Crippen LogP contribution in [0.3, 0.4) is 0 Å². The maximum absolute atomic E-state index is 12.2. The first-order valence-electron chi connectivity index (χ1n) is 5.87. The molecule has 0 aromatic rings. The van der Waals surface area contributed by atoms with Gasteiger partial charge in [0.25, 0.3) is 0 Å². The number of carbonyl (C=O) groups is 1. The lowest BCUT2D eigenvalue weighted by molar-refractivity contribution is -0.126. The van der Waals surface area contributed by atoms with Crippen LogP contribution in [0.25, 0.3) is 0 Å². The predicted octanol–water partition coefficient (Wildman–Crippen LogP) is 0.197. The van der Waals surface area contributed by atoms with E-state index in [-0.39, 0.29) is 23.4 Å². The van der Waals surface area contributed by atoms with Crippen LogP contribution in [-0.2, 0) is 9.53 Å². The molecule has 17 heavy (non-hydrogen) atoms. The summed E-state index contributed by atoms with van der Waals surface area (Å²) in [5, 5.41) is 14.6. The molecule has 2 aliphatic rings. The van der Waals surface area contributed by atoms with E-state index in [1.807, 2.05) is 13.8 Å². The van der Waals surface area contributed by atoms with E-state index in [4.69, 9.17) is 15.7 Å². The molecule has 2 fully saturated rings. The largest absolute Gasteiger partial charge is 0.409 e. The van der Waals surface area contributed by atoms with E-state index in [0.717, 1.165) is 6.42 Å². The van der Waals surface area contributed by atoms with Gasteiger partial charge in [-0.15, -0.1) is 0 Å². The van der Waals surface area contributed by atoms with Crippen LogP contribution in [0.1, 0.15) is 33.1 Å². The van der Waals surface area contributed by atoms with E-state index in [0.29, 0.717) is 19.4 Å². The molecular formula is C11H19N3O3. The lowest BCUT2D eigenvalue weighted by Gasteiger charge is -2.30. The summed E-state index contributed by atoms with van der Waals surface area (Å²) in [5.41, 5.74) is 4.42. The lowest BCUT2D eigenvalue weighted by Crippen LogP contribution is -2.54.